The maximum Gasteiger partial charge on any atom is 0.285 e. The van der Waals surface area contributed by atoms with Gasteiger partial charge < -0.3 is 54.1 Å². The van der Waals surface area contributed by atoms with Crippen LogP contribution >= 0.6 is 0 Å². The number of nitrogens with two attached hydrogens (primary N) is 6. The Morgan fingerprint density at radius 3 is 1.09 bits per heavy atom. The van der Waals surface area contributed by atoms with E-state index in [-0.39, 0.29) is 43.9 Å². The Morgan fingerprint density at radius 1 is 0.473 bits per heavy atom. The van der Waals surface area contributed by atoms with E-state index in [1.165, 1.54) is 56.3 Å². The molecule has 7 aromatic rings. The van der Waals surface area contributed by atoms with Crippen molar-refractivity contribution in [3.8, 4) is 47.0 Å². The Hall–Kier alpha value is -11.6. The Morgan fingerprint density at radius 2 is 0.802 bits per heavy atom. The van der Waals surface area contributed by atoms with Crippen molar-refractivity contribution in [1.82, 2.24) is 35.0 Å². The van der Waals surface area contributed by atoms with E-state index in [0.29, 0.717) is 118 Å². The lowest BCUT2D eigenvalue weighted by atomic mass is 10.1. The number of ether oxygens (including phenoxy) is 5. The topological polar surface area (TPSA) is 547 Å². The first-order chi connectivity index (χ1) is 44.2. The second-order valence-corrected chi connectivity index (χ2v) is 16.5. The number of nitrogen functional groups attached to an aromatic ring is 1. The molecule has 476 valence electrons. The standard InChI is InChI=1S/C16H11N3O4.C10H9NO4.C9H13N3O3.C8H12N4O2.C8H9N3O2.C6H4N2O.H4N2/c17-9-11-5-6-12(10-18-11)22-7-8-23-19-15(20)13-3-1-2-4-14(13)16(19)21;12-5-6-15-11-9(13)7-3-1-2-4-8(7)10(11)14;1-13-9(10)8-3-2-7(6-12-8)14-4-5-15-11;9-8(10)7-2-1-6(5-12-7)13-3-4-14-11;9-5-7-1-2-8(6-11-7)12-3-4-13-10;7-3-5-1-2-6(9)4-8-5;1-2/h1-6,10H,7-8H2;1-4,12H,5-6H2;2-3,6,10H,4-5,11H2,1H3;1-2,5H,3-4,11H2,(H3,9,10);1-2,6H,3-4,10H2;1-2,4,9H;1-2H2. The molecular weight excluding hydrogens is 1190 g/mol. The van der Waals surface area contributed by atoms with Crippen molar-refractivity contribution in [1.29, 1.82) is 26.6 Å². The summed E-state index contributed by atoms with van der Waals surface area (Å²) in [4.78, 5) is 89.5. The number of carbonyl (C=O) groups excluding carboxylic acids is 4. The molecule has 0 bridgehead atoms. The zero-order valence-corrected chi connectivity index (χ0v) is 48.4. The number of hydrogen-bond acceptors (Lipinski definition) is 31. The number of rotatable bonds is 22. The second kappa shape index (κ2) is 42.3. The number of fused-ring (bicyclic) bond motifs is 2. The highest BCUT2D eigenvalue weighted by molar-refractivity contribution is 6.21. The number of hydrazine groups is 1. The van der Waals surface area contributed by atoms with Crippen molar-refractivity contribution < 1.29 is 77.3 Å². The number of aromatic hydroxyl groups is 1. The zero-order chi connectivity index (χ0) is 66.8. The summed E-state index contributed by atoms with van der Waals surface area (Å²) >= 11 is 0. The van der Waals surface area contributed by atoms with Crippen LogP contribution in [0.2, 0.25) is 0 Å². The third kappa shape index (κ3) is 25.4. The van der Waals surface area contributed by atoms with E-state index >= 15 is 0 Å². The van der Waals surface area contributed by atoms with Gasteiger partial charge in [0.2, 0.25) is 5.90 Å². The van der Waals surface area contributed by atoms with Crippen LogP contribution in [-0.2, 0) is 28.9 Å². The number of nitrogens with zero attached hydrogens (tertiary/aromatic N) is 10. The lowest BCUT2D eigenvalue weighted by molar-refractivity contribution is -0.0995. The number of nitrogens with one attached hydrogen (secondary N) is 2. The van der Waals surface area contributed by atoms with Crippen LogP contribution in [0.15, 0.2) is 140 Å². The van der Waals surface area contributed by atoms with Gasteiger partial charge in [-0.15, -0.1) is 10.1 Å². The Balaban J connectivity index is 0.000000289. The summed E-state index contributed by atoms with van der Waals surface area (Å²) in [5.41, 5.74) is 8.40. The summed E-state index contributed by atoms with van der Waals surface area (Å²) in [6.07, 6.45) is 7.14. The van der Waals surface area contributed by atoms with Gasteiger partial charge in [0.25, 0.3) is 23.6 Å². The lowest BCUT2D eigenvalue weighted by Gasteiger charge is -2.13. The molecule has 4 amide bonds. The van der Waals surface area contributed by atoms with Crippen molar-refractivity contribution in [2.24, 2.45) is 35.1 Å². The molecule has 0 aliphatic carbocycles. The molecule has 16 N–H and O–H groups in total. The molecule has 34 heteroatoms. The molecule has 0 spiro atoms. The fourth-order valence-corrected chi connectivity index (χ4v) is 6.46. The molecule has 0 saturated heterocycles. The Bertz CT molecular complexity index is 3450. The summed E-state index contributed by atoms with van der Waals surface area (Å²) in [6, 6.07) is 34.6. The lowest BCUT2D eigenvalue weighted by Crippen LogP contribution is -2.31. The molecule has 91 heavy (non-hydrogen) atoms. The zero-order valence-electron chi connectivity index (χ0n) is 48.4. The molecule has 2 aromatic carbocycles. The number of methoxy groups -OCH3 is 1. The molecule has 0 radical (unpaired) electrons. The number of aliphatic hydroxyl groups is 1. The van der Waals surface area contributed by atoms with Crippen molar-refractivity contribution >= 4 is 35.4 Å². The van der Waals surface area contributed by atoms with Crippen molar-refractivity contribution in [3.05, 3.63) is 191 Å². The van der Waals surface area contributed by atoms with Gasteiger partial charge in [0.05, 0.1) is 73.6 Å². The number of carbonyl (C=O) groups is 4. The monoisotopic (exact) mass is 1250 g/mol. The predicted molar refractivity (Wildman–Crippen MR) is 315 cm³/mol. The fraction of sp³-hybridized carbons (Fsp3) is 0.193. The average Bonchev–Trinajstić information content (AvgIpc) is 1.70. The average molecular weight is 1260 g/mol. The number of aliphatic hydroxyl groups excluding tert-OH is 1. The van der Waals surface area contributed by atoms with Crippen LogP contribution in [0.4, 0.5) is 0 Å². The van der Waals surface area contributed by atoms with E-state index in [9.17, 15) is 19.2 Å². The van der Waals surface area contributed by atoms with Crippen LogP contribution in [0.25, 0.3) is 0 Å². The van der Waals surface area contributed by atoms with Crippen LogP contribution in [0.5, 0.6) is 28.7 Å². The van der Waals surface area contributed by atoms with Gasteiger partial charge in [0.15, 0.2) is 0 Å². The van der Waals surface area contributed by atoms with Crippen LogP contribution in [-0.4, -0.2) is 154 Å². The van der Waals surface area contributed by atoms with Gasteiger partial charge in [0, 0.05) is 0 Å². The summed E-state index contributed by atoms with van der Waals surface area (Å²) in [6.45, 7) is 1.86. The number of amidine groups is 1. The van der Waals surface area contributed by atoms with Crippen molar-refractivity contribution in [2.75, 3.05) is 73.2 Å². The molecule has 0 fully saturated rings. The minimum Gasteiger partial charge on any atom is -0.506 e. The number of pyridine rings is 5. The first kappa shape index (κ1) is 73.7. The van der Waals surface area contributed by atoms with Crippen LogP contribution < -0.4 is 54.1 Å². The molecule has 9 rings (SSSR count). The van der Waals surface area contributed by atoms with E-state index in [1.54, 1.807) is 91.0 Å². The van der Waals surface area contributed by atoms with Crippen LogP contribution in [0, 0.1) is 44.8 Å². The van der Waals surface area contributed by atoms with Gasteiger partial charge in [-0.05, 0) is 84.9 Å². The molecule has 2 aliphatic heterocycles. The number of hydroxylamine groups is 4. The molecule has 0 unspecified atom stereocenters. The van der Waals surface area contributed by atoms with Crippen molar-refractivity contribution in [2.45, 2.75) is 0 Å². The number of benzene rings is 2. The molecule has 7 heterocycles. The highest BCUT2D eigenvalue weighted by Crippen LogP contribution is 2.24. The molecular formula is C57H62N18O16. The Kier molecular flexibility index (Phi) is 34.3. The van der Waals surface area contributed by atoms with E-state index in [1.807, 2.05) is 18.2 Å². The number of aromatic nitrogens is 5. The summed E-state index contributed by atoms with van der Waals surface area (Å²) in [5.74, 6) is 22.8. The number of nitriles is 3. The van der Waals surface area contributed by atoms with Gasteiger partial charge >= 0.3 is 0 Å². The number of imide groups is 2. The van der Waals surface area contributed by atoms with Gasteiger partial charge in [0.1, 0.15) is 134 Å². The smallest absolute Gasteiger partial charge is 0.285 e. The highest BCUT2D eigenvalue weighted by Gasteiger charge is 2.37. The highest BCUT2D eigenvalue weighted by atomic mass is 16.7. The minimum atomic E-state index is -0.482. The number of hydrogen-bond donors (Lipinski definition) is 10. The van der Waals surface area contributed by atoms with Gasteiger partial charge in [-0.1, -0.05) is 24.3 Å². The molecule has 0 saturated carbocycles. The van der Waals surface area contributed by atoms with E-state index in [0.717, 1.165) is 5.06 Å². The van der Waals surface area contributed by atoms with Gasteiger partial charge in [-0.25, -0.2) is 42.6 Å². The summed E-state index contributed by atoms with van der Waals surface area (Å²) in [5, 5.41) is 58.4. The Labute approximate surface area is 518 Å². The first-order valence-corrected chi connectivity index (χ1v) is 26.0. The summed E-state index contributed by atoms with van der Waals surface area (Å²) < 4.78 is 25.7. The van der Waals surface area contributed by atoms with Gasteiger partial charge in [-0.2, -0.15) is 15.8 Å². The second-order valence-electron chi connectivity index (χ2n) is 16.5. The SMILES string of the molecule is COC(=N)c1ccc(OCCON)cn1.N#Cc1ccc(O)cn1.N#Cc1ccc(OCCON)cn1.N#Cc1ccc(OCCON2C(=O)c3ccccc3C2=O)cn1.N=C(N)c1ccc(OCCON)cn1.NN.O=C1c2ccccc2C(=O)N1OCCO. The predicted octanol–water partition coefficient (Wildman–Crippen LogP) is 1.42. The van der Waals surface area contributed by atoms with Crippen LogP contribution in [0.3, 0.4) is 0 Å². The third-order valence-corrected chi connectivity index (χ3v) is 10.6. The third-order valence-electron chi connectivity index (χ3n) is 10.6. The maximum atomic E-state index is 12.0. The van der Waals surface area contributed by atoms with Crippen LogP contribution in [0.1, 0.15) is 69.9 Å². The van der Waals surface area contributed by atoms with E-state index in [2.05, 4.69) is 51.1 Å². The molecule has 5 aromatic heterocycles. The number of amides is 4. The maximum absolute atomic E-state index is 12.0. The van der Waals surface area contributed by atoms with Gasteiger partial charge in [-0.3, -0.25) is 51.4 Å². The largest absolute Gasteiger partial charge is 0.506 e. The normalized spacial score (nSPS) is 11.0. The molecule has 34 nitrogen and oxygen atoms in total. The quantitative estimate of drug-likeness (QED) is 0.0115. The minimum absolute atomic E-state index is 0.0193. The summed E-state index contributed by atoms with van der Waals surface area (Å²) in [7, 11) is 1.42. The first-order valence-electron chi connectivity index (χ1n) is 26.0. The van der Waals surface area contributed by atoms with Crippen molar-refractivity contribution in [3.63, 3.8) is 0 Å². The fourth-order valence-electron chi connectivity index (χ4n) is 6.46. The van der Waals surface area contributed by atoms with E-state index in [4.69, 9.17) is 93.6 Å². The molecule has 0 atom stereocenters. The molecule has 2 aliphatic rings. The van der Waals surface area contributed by atoms with E-state index < -0.39 is 23.6 Å².